The molecule has 5 nitrogen and oxygen atoms in total. The largest absolute Gasteiger partial charge is 2.00 e. The first-order valence-electron chi connectivity index (χ1n) is 15.1. The van der Waals surface area contributed by atoms with Crippen LogP contribution in [0.2, 0.25) is 0 Å². The molecule has 0 fully saturated rings. The Balaban J connectivity index is 0.00000357. The van der Waals surface area contributed by atoms with Crippen LogP contribution in [0.25, 0.3) is 44.4 Å². The third-order valence-corrected chi connectivity index (χ3v) is 8.04. The van der Waals surface area contributed by atoms with Crippen LogP contribution in [0.1, 0.15) is 36.4 Å². The molecular weight excluding hydrogens is 736 g/mol. The Kier molecular flexibility index (Phi) is 8.48. The molecule has 0 aliphatic carbocycles. The van der Waals surface area contributed by atoms with Crippen LogP contribution in [0, 0.1) is 38.8 Å². The van der Waals surface area contributed by atoms with Gasteiger partial charge >= 0.3 is 21.1 Å². The van der Waals surface area contributed by atoms with Crippen molar-refractivity contribution in [3.63, 3.8) is 0 Å². The zero-order valence-electron chi connectivity index (χ0n) is 26.0. The quantitative estimate of drug-likeness (QED) is 0.152. The summed E-state index contributed by atoms with van der Waals surface area (Å²) in [5, 5.41) is 7.14. The van der Waals surface area contributed by atoms with Crippen molar-refractivity contribution in [3.05, 3.63) is 132 Å². The van der Waals surface area contributed by atoms with Crippen LogP contribution in [0.15, 0.2) is 97.2 Å². The maximum Gasteiger partial charge on any atom is 2.00 e. The van der Waals surface area contributed by atoms with E-state index in [1.54, 1.807) is 0 Å². The third kappa shape index (κ3) is 5.85. The van der Waals surface area contributed by atoms with E-state index in [2.05, 4.69) is 105 Å². The molecule has 0 aliphatic heterocycles. The second-order valence-electron chi connectivity index (χ2n) is 11.9. The molecule has 4 aromatic carbocycles. The second-order valence-corrected chi connectivity index (χ2v) is 11.9. The topological polar surface area (TPSA) is 44.9 Å². The summed E-state index contributed by atoms with van der Waals surface area (Å²) >= 11 is 0. The number of aryl methyl sites for hydroxylation is 2. The van der Waals surface area contributed by atoms with E-state index in [1.165, 1.54) is 16.5 Å². The number of fused-ring (bicyclic) bond motifs is 3. The van der Waals surface area contributed by atoms with Crippen molar-refractivity contribution in [1.82, 2.24) is 19.3 Å². The predicted molar refractivity (Wildman–Crippen MR) is 178 cm³/mol. The average molecular weight is 770 g/mol. The molecule has 7 aromatic rings. The summed E-state index contributed by atoms with van der Waals surface area (Å²) < 4.78 is 10.5. The van der Waals surface area contributed by atoms with Gasteiger partial charge in [-0.25, -0.2) is 4.98 Å². The molecule has 0 amide bonds. The predicted octanol–water partition coefficient (Wildman–Crippen LogP) is 9.55. The molecule has 0 spiro atoms. The van der Waals surface area contributed by atoms with Gasteiger partial charge in [0.15, 0.2) is 0 Å². The molecule has 0 atom stereocenters. The molecule has 0 bridgehead atoms. The van der Waals surface area contributed by atoms with Crippen molar-refractivity contribution in [3.8, 4) is 34.1 Å². The molecule has 3 heterocycles. The van der Waals surface area contributed by atoms with Crippen molar-refractivity contribution in [2.45, 2.75) is 41.0 Å². The number of hydrogen-bond donors (Lipinski definition) is 0. The minimum absolute atomic E-state index is 0. The molecular formula is C39H34N4OPt. The molecule has 0 saturated carbocycles. The first-order chi connectivity index (χ1) is 21.4. The van der Waals surface area contributed by atoms with Crippen LogP contribution in [0.3, 0.4) is 0 Å². The van der Waals surface area contributed by atoms with Gasteiger partial charge in [0.2, 0.25) is 0 Å². The summed E-state index contributed by atoms with van der Waals surface area (Å²) in [6, 6.07) is 38.2. The Morgan fingerprint density at radius 2 is 1.60 bits per heavy atom. The van der Waals surface area contributed by atoms with Gasteiger partial charge in [-0.3, -0.25) is 4.68 Å². The number of ether oxygens (including phenoxy) is 1. The average Bonchev–Trinajstić information content (AvgIpc) is 3.49. The van der Waals surface area contributed by atoms with Crippen LogP contribution in [0.4, 0.5) is 0 Å². The molecule has 7 rings (SSSR count). The number of pyridine rings is 1. The van der Waals surface area contributed by atoms with E-state index in [-0.39, 0.29) is 21.1 Å². The Morgan fingerprint density at radius 1 is 0.800 bits per heavy atom. The fourth-order valence-electron chi connectivity index (χ4n) is 6.15. The monoisotopic (exact) mass is 769 g/mol. The summed E-state index contributed by atoms with van der Waals surface area (Å²) in [4.78, 5) is 4.80. The van der Waals surface area contributed by atoms with E-state index < -0.39 is 0 Å². The minimum atomic E-state index is 0. The summed E-state index contributed by atoms with van der Waals surface area (Å²) in [6.07, 6.45) is 2.90. The van der Waals surface area contributed by atoms with E-state index in [4.69, 9.17) is 14.8 Å². The first kappa shape index (κ1) is 30.6. The van der Waals surface area contributed by atoms with E-state index >= 15 is 0 Å². The molecule has 0 N–H and O–H groups in total. The zero-order chi connectivity index (χ0) is 30.4. The Labute approximate surface area is 278 Å². The van der Waals surface area contributed by atoms with Crippen LogP contribution in [0.5, 0.6) is 11.5 Å². The maximum absolute atomic E-state index is 6.41. The molecule has 0 saturated heterocycles. The summed E-state index contributed by atoms with van der Waals surface area (Å²) in [5.41, 5.74) is 9.65. The van der Waals surface area contributed by atoms with Gasteiger partial charge in [0, 0.05) is 34.5 Å². The number of benzene rings is 4. The van der Waals surface area contributed by atoms with Crippen molar-refractivity contribution >= 4 is 21.8 Å². The Hall–Kier alpha value is -4.47. The molecule has 0 unspecified atom stereocenters. The van der Waals surface area contributed by atoms with Crippen molar-refractivity contribution in [2.75, 3.05) is 0 Å². The standard InChI is InChI=1S/C39H34N4O.Pt/c1-25(2)20-29-18-19-40-38(22-29)42-36-17-14-26(3)21-35(36)34-16-15-33(24-37(34)42)44-32-13-9-12-31(23-32)43-28(5)39(27(4)41-43)30-10-7-6-8-11-30;/h6-19,21-22,25H,20H2,1-5H3;/q-2;+2. The molecule has 45 heavy (non-hydrogen) atoms. The van der Waals surface area contributed by atoms with Crippen molar-refractivity contribution in [1.29, 1.82) is 0 Å². The van der Waals surface area contributed by atoms with Crippen LogP contribution >= 0.6 is 0 Å². The zero-order valence-corrected chi connectivity index (χ0v) is 28.3. The summed E-state index contributed by atoms with van der Waals surface area (Å²) in [7, 11) is 0. The van der Waals surface area contributed by atoms with Crippen LogP contribution in [-0.4, -0.2) is 19.3 Å². The molecule has 0 aliphatic rings. The smallest absolute Gasteiger partial charge is 0.509 e. The van der Waals surface area contributed by atoms with Crippen LogP contribution < -0.4 is 4.74 Å². The van der Waals surface area contributed by atoms with Gasteiger partial charge < -0.3 is 9.30 Å². The Morgan fingerprint density at radius 3 is 2.40 bits per heavy atom. The van der Waals surface area contributed by atoms with Crippen molar-refractivity contribution < 1.29 is 25.8 Å². The number of hydrogen-bond acceptors (Lipinski definition) is 3. The fraction of sp³-hybridized carbons (Fsp3) is 0.179. The first-order valence-corrected chi connectivity index (χ1v) is 15.1. The van der Waals surface area contributed by atoms with Gasteiger partial charge in [-0.05, 0) is 73.5 Å². The summed E-state index contributed by atoms with van der Waals surface area (Å²) in [5.74, 6) is 2.66. The van der Waals surface area contributed by atoms with Gasteiger partial charge in [-0.2, -0.15) is 17.2 Å². The number of rotatable bonds is 7. The molecule has 0 radical (unpaired) electrons. The second kappa shape index (κ2) is 12.5. The van der Waals surface area contributed by atoms with Gasteiger partial charge in [0.05, 0.1) is 5.69 Å². The number of nitrogens with zero attached hydrogens (tertiary/aromatic N) is 4. The van der Waals surface area contributed by atoms with E-state index in [9.17, 15) is 0 Å². The van der Waals surface area contributed by atoms with E-state index in [0.29, 0.717) is 17.4 Å². The van der Waals surface area contributed by atoms with Gasteiger partial charge in [0.25, 0.3) is 0 Å². The summed E-state index contributed by atoms with van der Waals surface area (Å²) in [6.45, 7) is 10.7. The minimum Gasteiger partial charge on any atom is -0.509 e. The van der Waals surface area contributed by atoms with E-state index in [1.807, 2.05) is 48.1 Å². The van der Waals surface area contributed by atoms with Gasteiger partial charge in [-0.15, -0.1) is 35.7 Å². The molecule has 226 valence electrons. The van der Waals surface area contributed by atoms with Gasteiger partial charge in [0.1, 0.15) is 5.82 Å². The van der Waals surface area contributed by atoms with Crippen LogP contribution in [-0.2, 0) is 27.5 Å². The van der Waals surface area contributed by atoms with E-state index in [0.717, 1.165) is 56.9 Å². The fourth-order valence-corrected chi connectivity index (χ4v) is 6.15. The maximum atomic E-state index is 6.41. The molecule has 6 heteroatoms. The molecule has 3 aromatic heterocycles. The van der Waals surface area contributed by atoms with Crippen molar-refractivity contribution in [2.24, 2.45) is 5.92 Å². The van der Waals surface area contributed by atoms with Gasteiger partial charge in [-0.1, -0.05) is 67.4 Å². The third-order valence-electron chi connectivity index (χ3n) is 8.04. The normalized spacial score (nSPS) is 11.3. The Bertz CT molecular complexity index is 2140. The SMILES string of the molecule is Cc1ccc2c(c1)c1ccc(Oc3[c-]c(-n4nc(C)c(-c5ccccc5)c4C)ccc3)[c-]c1n2-c1cc(CC(C)C)ccn1.[Pt+2]. The number of aromatic nitrogens is 4.